The molecule has 0 unspecified atom stereocenters. The molecule has 0 bridgehead atoms. The van der Waals surface area contributed by atoms with Crippen LogP contribution in [-0.4, -0.2) is 50.8 Å². The first-order chi connectivity index (χ1) is 17.8. The molecule has 0 aliphatic carbocycles. The fourth-order valence-corrected chi connectivity index (χ4v) is 5.22. The van der Waals surface area contributed by atoms with Crippen molar-refractivity contribution >= 4 is 28.5 Å². The zero-order valence-corrected chi connectivity index (χ0v) is 20.7. The third-order valence-corrected chi connectivity index (χ3v) is 7.12. The third kappa shape index (κ3) is 4.57. The topological polar surface area (TPSA) is 50.1 Å². The lowest BCUT2D eigenvalue weighted by molar-refractivity contribution is 0.212. The SMILES string of the molecule is Clc1ccc([C@H](c2ccccc2)N2CCN(c3ncnc4c3cnn4Cc3ccccc3)CC2)cc1. The normalized spacial score (nSPS) is 15.3. The first kappa shape index (κ1) is 22.7. The van der Waals surface area contributed by atoms with Crippen molar-refractivity contribution in [3.05, 3.63) is 119 Å². The Balaban J connectivity index is 1.23. The van der Waals surface area contributed by atoms with E-state index < -0.39 is 0 Å². The number of fused-ring (bicyclic) bond motifs is 1. The van der Waals surface area contributed by atoms with Gasteiger partial charge in [-0.15, -0.1) is 0 Å². The minimum atomic E-state index is 0.185. The summed E-state index contributed by atoms with van der Waals surface area (Å²) in [6.45, 7) is 4.30. The van der Waals surface area contributed by atoms with Crippen LogP contribution in [0.3, 0.4) is 0 Å². The second-order valence-electron chi connectivity index (χ2n) is 9.11. The summed E-state index contributed by atoms with van der Waals surface area (Å²) in [4.78, 5) is 14.1. The molecule has 1 aliphatic heterocycles. The van der Waals surface area contributed by atoms with E-state index >= 15 is 0 Å². The van der Waals surface area contributed by atoms with Crippen LogP contribution in [0.1, 0.15) is 22.7 Å². The molecule has 0 saturated carbocycles. The Labute approximate surface area is 215 Å². The van der Waals surface area contributed by atoms with Crippen molar-refractivity contribution in [3.63, 3.8) is 0 Å². The Morgan fingerprint density at radius 1 is 0.750 bits per heavy atom. The van der Waals surface area contributed by atoms with E-state index in [2.05, 4.69) is 79.5 Å². The number of hydrogen-bond donors (Lipinski definition) is 0. The van der Waals surface area contributed by atoms with E-state index in [0.29, 0.717) is 6.54 Å². The van der Waals surface area contributed by atoms with Gasteiger partial charge >= 0.3 is 0 Å². The summed E-state index contributed by atoms with van der Waals surface area (Å²) in [6.07, 6.45) is 3.56. The van der Waals surface area contributed by atoms with Crippen LogP contribution >= 0.6 is 11.6 Å². The van der Waals surface area contributed by atoms with Crippen LogP contribution in [0.5, 0.6) is 0 Å². The Morgan fingerprint density at radius 3 is 2.14 bits per heavy atom. The quantitative estimate of drug-likeness (QED) is 0.314. The van der Waals surface area contributed by atoms with E-state index in [0.717, 1.165) is 48.1 Å². The van der Waals surface area contributed by atoms with Gasteiger partial charge < -0.3 is 4.90 Å². The van der Waals surface area contributed by atoms with E-state index in [1.165, 1.54) is 16.7 Å². The fraction of sp³-hybridized carbons (Fsp3) is 0.207. The van der Waals surface area contributed by atoms with Gasteiger partial charge in [-0.3, -0.25) is 4.90 Å². The maximum atomic E-state index is 6.19. The van der Waals surface area contributed by atoms with Gasteiger partial charge in [-0.25, -0.2) is 14.6 Å². The van der Waals surface area contributed by atoms with Crippen molar-refractivity contribution in [2.45, 2.75) is 12.6 Å². The van der Waals surface area contributed by atoms with Gasteiger partial charge in [0.1, 0.15) is 12.1 Å². The molecule has 3 aromatic carbocycles. The average Bonchev–Trinajstić information content (AvgIpc) is 3.34. The summed E-state index contributed by atoms with van der Waals surface area (Å²) >= 11 is 6.19. The zero-order chi connectivity index (χ0) is 24.3. The summed E-state index contributed by atoms with van der Waals surface area (Å²) in [5, 5.41) is 6.40. The van der Waals surface area contributed by atoms with Crippen LogP contribution in [0.2, 0.25) is 5.02 Å². The number of aromatic nitrogens is 4. The lowest BCUT2D eigenvalue weighted by atomic mass is 9.96. The molecule has 6 rings (SSSR count). The maximum Gasteiger partial charge on any atom is 0.163 e. The summed E-state index contributed by atoms with van der Waals surface area (Å²) in [5.74, 6) is 0.960. The summed E-state index contributed by atoms with van der Waals surface area (Å²) < 4.78 is 1.96. The van der Waals surface area contributed by atoms with Gasteiger partial charge in [-0.2, -0.15) is 5.10 Å². The second-order valence-corrected chi connectivity index (χ2v) is 9.55. The molecule has 0 radical (unpaired) electrons. The number of benzene rings is 3. The fourth-order valence-electron chi connectivity index (χ4n) is 5.09. The van der Waals surface area contributed by atoms with E-state index in [1.807, 2.05) is 41.2 Å². The molecule has 3 heterocycles. The minimum Gasteiger partial charge on any atom is -0.353 e. The Bertz CT molecular complexity index is 1430. The molecule has 2 aromatic heterocycles. The minimum absolute atomic E-state index is 0.185. The number of rotatable bonds is 6. The van der Waals surface area contributed by atoms with E-state index in [9.17, 15) is 0 Å². The molecule has 7 heteroatoms. The monoisotopic (exact) mass is 494 g/mol. The van der Waals surface area contributed by atoms with Gasteiger partial charge in [0.15, 0.2) is 5.65 Å². The molecule has 6 nitrogen and oxygen atoms in total. The highest BCUT2D eigenvalue weighted by Crippen LogP contribution is 2.32. The highest BCUT2D eigenvalue weighted by atomic mass is 35.5. The smallest absolute Gasteiger partial charge is 0.163 e. The molecule has 1 fully saturated rings. The molecule has 0 spiro atoms. The van der Waals surface area contributed by atoms with Crippen molar-refractivity contribution < 1.29 is 0 Å². The van der Waals surface area contributed by atoms with Crippen molar-refractivity contribution in [2.24, 2.45) is 0 Å². The second kappa shape index (κ2) is 10.1. The van der Waals surface area contributed by atoms with Gasteiger partial charge in [0.05, 0.1) is 24.2 Å². The number of halogens is 1. The average molecular weight is 495 g/mol. The van der Waals surface area contributed by atoms with Crippen molar-refractivity contribution in [1.29, 1.82) is 0 Å². The van der Waals surface area contributed by atoms with Gasteiger partial charge in [-0.05, 0) is 28.8 Å². The molecule has 0 amide bonds. The summed E-state index contributed by atoms with van der Waals surface area (Å²) in [6, 6.07) is 29.5. The van der Waals surface area contributed by atoms with Crippen LogP contribution < -0.4 is 4.90 Å². The predicted octanol–water partition coefficient (Wildman–Crippen LogP) is 5.44. The number of hydrogen-bond acceptors (Lipinski definition) is 5. The van der Waals surface area contributed by atoms with E-state index in [4.69, 9.17) is 11.6 Å². The van der Waals surface area contributed by atoms with Gasteiger partial charge in [0, 0.05) is 31.2 Å². The molecule has 5 aromatic rings. The molecular formula is C29H27ClN6. The zero-order valence-electron chi connectivity index (χ0n) is 19.9. The van der Waals surface area contributed by atoms with Crippen molar-refractivity contribution in [2.75, 3.05) is 31.1 Å². The standard InChI is InChI=1S/C29H27ClN6/c30-25-13-11-24(12-14-25)27(23-9-5-2-6-10-23)34-15-17-35(18-16-34)28-26-19-33-36(29(26)32-21-31-28)20-22-7-3-1-4-8-22/h1-14,19,21,27H,15-18,20H2/t27-/m0/s1. The van der Waals surface area contributed by atoms with Gasteiger partial charge in [-0.1, -0.05) is 84.4 Å². The summed E-state index contributed by atoms with van der Waals surface area (Å²) in [7, 11) is 0. The van der Waals surface area contributed by atoms with Crippen LogP contribution in [-0.2, 0) is 6.54 Å². The number of nitrogens with zero attached hydrogens (tertiary/aromatic N) is 6. The molecule has 180 valence electrons. The number of anilines is 1. The van der Waals surface area contributed by atoms with Gasteiger partial charge in [0.2, 0.25) is 0 Å². The highest BCUT2D eigenvalue weighted by molar-refractivity contribution is 6.30. The van der Waals surface area contributed by atoms with E-state index in [1.54, 1.807) is 6.33 Å². The largest absolute Gasteiger partial charge is 0.353 e. The lowest BCUT2D eigenvalue weighted by Crippen LogP contribution is -2.48. The molecule has 1 atom stereocenters. The first-order valence-corrected chi connectivity index (χ1v) is 12.6. The first-order valence-electron chi connectivity index (χ1n) is 12.3. The lowest BCUT2D eigenvalue weighted by Gasteiger charge is -2.40. The maximum absolute atomic E-state index is 6.19. The third-order valence-electron chi connectivity index (χ3n) is 6.87. The van der Waals surface area contributed by atoms with Crippen molar-refractivity contribution in [3.8, 4) is 0 Å². The Kier molecular flexibility index (Phi) is 6.36. The number of piperazine rings is 1. The highest BCUT2D eigenvalue weighted by Gasteiger charge is 2.28. The Hall–Kier alpha value is -3.74. The van der Waals surface area contributed by atoms with E-state index in [-0.39, 0.29) is 6.04 Å². The molecule has 0 N–H and O–H groups in total. The van der Waals surface area contributed by atoms with Crippen LogP contribution in [0.25, 0.3) is 11.0 Å². The van der Waals surface area contributed by atoms with Crippen LogP contribution in [0.15, 0.2) is 97.5 Å². The summed E-state index contributed by atoms with van der Waals surface area (Å²) in [5.41, 5.74) is 4.62. The molecule has 1 aliphatic rings. The van der Waals surface area contributed by atoms with Crippen molar-refractivity contribution in [1.82, 2.24) is 24.6 Å². The molecular weight excluding hydrogens is 468 g/mol. The Morgan fingerprint density at radius 2 is 1.42 bits per heavy atom. The van der Waals surface area contributed by atoms with Crippen LogP contribution in [0.4, 0.5) is 5.82 Å². The predicted molar refractivity (Wildman–Crippen MR) is 144 cm³/mol. The van der Waals surface area contributed by atoms with Crippen LogP contribution in [0, 0.1) is 0 Å². The van der Waals surface area contributed by atoms with Gasteiger partial charge in [0.25, 0.3) is 0 Å². The molecule has 1 saturated heterocycles. The molecule has 36 heavy (non-hydrogen) atoms.